The van der Waals surface area contributed by atoms with E-state index in [1.54, 1.807) is 0 Å². The molecule has 0 radical (unpaired) electrons. The maximum atomic E-state index is 13.7. The van der Waals surface area contributed by atoms with E-state index < -0.39 is 20.3 Å². The van der Waals surface area contributed by atoms with E-state index in [4.69, 9.17) is 18.1 Å². The molecule has 5 aliphatic rings. The van der Waals surface area contributed by atoms with Crippen molar-refractivity contribution in [1.82, 2.24) is 0 Å². The highest BCUT2D eigenvalue weighted by molar-refractivity contribution is 7.59. The molecule has 3 saturated carbocycles. The van der Waals surface area contributed by atoms with Crippen molar-refractivity contribution in [2.45, 2.75) is 52.1 Å². The van der Waals surface area contributed by atoms with Crippen LogP contribution in [0.5, 0.6) is 0 Å². The van der Waals surface area contributed by atoms with Crippen LogP contribution in [0.4, 0.5) is 0 Å². The summed E-state index contributed by atoms with van der Waals surface area (Å²) in [6, 6.07) is 0. The third kappa shape index (κ3) is 2.94. The summed E-state index contributed by atoms with van der Waals surface area (Å²) in [7, 11) is -6.67. The van der Waals surface area contributed by atoms with E-state index >= 15 is 0 Å². The molecule has 0 amide bonds. The highest BCUT2D eigenvalue weighted by Crippen LogP contribution is 2.83. The lowest BCUT2D eigenvalue weighted by molar-refractivity contribution is 0.000601. The van der Waals surface area contributed by atoms with E-state index in [9.17, 15) is 9.13 Å². The van der Waals surface area contributed by atoms with Gasteiger partial charge in [-0.2, -0.15) is 0 Å². The van der Waals surface area contributed by atoms with Gasteiger partial charge in [0.25, 0.3) is 0 Å². The van der Waals surface area contributed by atoms with Crippen molar-refractivity contribution in [3.8, 4) is 0 Å². The molecular formula is C17H30O6P2. The normalized spacial score (nSPS) is 33.9. The van der Waals surface area contributed by atoms with Gasteiger partial charge in [0.15, 0.2) is 0 Å². The molecule has 0 heterocycles. The Labute approximate surface area is 150 Å². The van der Waals surface area contributed by atoms with Crippen LogP contribution in [0.25, 0.3) is 0 Å². The summed E-state index contributed by atoms with van der Waals surface area (Å²) in [5.41, 5.74) is 0. The predicted molar refractivity (Wildman–Crippen MR) is 96.9 cm³/mol. The van der Waals surface area contributed by atoms with Crippen molar-refractivity contribution in [2.24, 2.45) is 17.8 Å². The minimum absolute atomic E-state index is 0.0923. The Morgan fingerprint density at radius 3 is 2.00 bits per heavy atom. The van der Waals surface area contributed by atoms with Crippen molar-refractivity contribution in [3.05, 3.63) is 11.4 Å². The molecule has 6 nitrogen and oxygen atoms in total. The lowest BCUT2D eigenvalue weighted by Crippen LogP contribution is -2.62. The van der Waals surface area contributed by atoms with E-state index in [-0.39, 0.29) is 11.8 Å². The summed E-state index contributed by atoms with van der Waals surface area (Å²) >= 11 is 0. The Morgan fingerprint density at radius 1 is 0.960 bits per heavy atom. The highest BCUT2D eigenvalue weighted by atomic mass is 31.2. The predicted octanol–water partition coefficient (Wildman–Crippen LogP) is 5.20. The Morgan fingerprint density at radius 2 is 1.52 bits per heavy atom. The van der Waals surface area contributed by atoms with Crippen LogP contribution >= 0.6 is 15.2 Å². The number of hydrogen-bond donors (Lipinski definition) is 0. The zero-order valence-corrected chi connectivity index (χ0v) is 17.4. The maximum absolute atomic E-state index is 13.7. The van der Waals surface area contributed by atoms with Gasteiger partial charge in [-0.25, -0.2) is 0 Å². The van der Waals surface area contributed by atoms with Crippen LogP contribution in [0.1, 0.15) is 47.0 Å². The summed E-state index contributed by atoms with van der Waals surface area (Å²) in [5.74, 6) is 0.509. The lowest BCUT2D eigenvalue weighted by atomic mass is 9.50. The standard InChI is InChI=1S/C17H30O6P2/c1-5-20-24(18,21-6-2)15-10-13-9-14-12-17(11-13,16(14)15)25(19,22-7-3)23-8-4/h10,13-14,16H,5-9,11-12H2,1-4H3/t13-,14-,16+,17-/m0/s1. The number of rotatable bonds is 10. The molecule has 4 atom stereocenters. The van der Waals surface area contributed by atoms with Gasteiger partial charge in [-0.1, -0.05) is 6.08 Å². The Bertz CT molecular complexity index is 613. The van der Waals surface area contributed by atoms with Crippen LogP contribution in [-0.4, -0.2) is 31.6 Å². The molecule has 0 aromatic carbocycles. The highest BCUT2D eigenvalue weighted by Gasteiger charge is 2.72. The molecule has 0 saturated heterocycles. The first-order valence-electron chi connectivity index (χ1n) is 9.40. The van der Waals surface area contributed by atoms with Crippen molar-refractivity contribution < 1.29 is 27.2 Å². The average molecular weight is 392 g/mol. The molecule has 0 aromatic rings. The third-order valence-electron chi connectivity index (χ3n) is 5.67. The van der Waals surface area contributed by atoms with Gasteiger partial charge in [0.05, 0.1) is 31.6 Å². The maximum Gasteiger partial charge on any atom is 0.357 e. The van der Waals surface area contributed by atoms with Crippen LogP contribution in [0.3, 0.4) is 0 Å². The third-order valence-corrected chi connectivity index (χ3v) is 10.9. The first-order chi connectivity index (χ1) is 11.9. The van der Waals surface area contributed by atoms with Crippen molar-refractivity contribution >= 4 is 15.2 Å². The number of hydrogen-bond acceptors (Lipinski definition) is 6. The Balaban J connectivity index is 2.01. The second kappa shape index (κ2) is 7.22. The summed E-state index contributed by atoms with van der Waals surface area (Å²) in [4.78, 5) is 0. The molecule has 0 unspecified atom stereocenters. The molecule has 4 bridgehead atoms. The van der Waals surface area contributed by atoms with Crippen LogP contribution in [0, 0.1) is 17.8 Å². The van der Waals surface area contributed by atoms with Gasteiger partial charge < -0.3 is 18.1 Å². The fourth-order valence-electron chi connectivity index (χ4n) is 5.14. The van der Waals surface area contributed by atoms with E-state index in [0.717, 1.165) is 24.6 Å². The fourth-order valence-corrected chi connectivity index (χ4v) is 10.4. The summed E-state index contributed by atoms with van der Waals surface area (Å²) < 4.78 is 49.7. The quantitative estimate of drug-likeness (QED) is 0.476. The van der Waals surface area contributed by atoms with E-state index in [0.29, 0.717) is 32.3 Å². The smallest absolute Gasteiger partial charge is 0.308 e. The topological polar surface area (TPSA) is 71.1 Å². The van der Waals surface area contributed by atoms with Crippen molar-refractivity contribution in [2.75, 3.05) is 26.4 Å². The van der Waals surface area contributed by atoms with E-state index in [1.807, 2.05) is 27.7 Å². The molecule has 25 heavy (non-hydrogen) atoms. The van der Waals surface area contributed by atoms with Crippen LogP contribution in [0.2, 0.25) is 0 Å². The zero-order chi connectivity index (χ0) is 18.3. The van der Waals surface area contributed by atoms with Gasteiger partial charge in [0.2, 0.25) is 0 Å². The van der Waals surface area contributed by atoms with Gasteiger partial charge in [-0.15, -0.1) is 0 Å². The van der Waals surface area contributed by atoms with Gasteiger partial charge in [-0.05, 0) is 58.8 Å². The molecule has 5 aliphatic carbocycles. The lowest BCUT2D eigenvalue weighted by Gasteiger charge is -2.65. The van der Waals surface area contributed by atoms with Gasteiger partial charge in [-0.3, -0.25) is 9.13 Å². The molecule has 0 aromatic heterocycles. The van der Waals surface area contributed by atoms with Gasteiger partial charge in [0, 0.05) is 11.2 Å². The van der Waals surface area contributed by atoms with Gasteiger partial charge >= 0.3 is 15.2 Å². The fraction of sp³-hybridized carbons (Fsp3) is 0.882. The number of allylic oxidation sites excluding steroid dienone is 2. The first-order valence-corrected chi connectivity index (χ1v) is 12.5. The van der Waals surface area contributed by atoms with Crippen LogP contribution in [0.15, 0.2) is 11.4 Å². The van der Waals surface area contributed by atoms with Crippen molar-refractivity contribution in [3.63, 3.8) is 0 Å². The minimum atomic E-state index is -3.37. The first kappa shape index (κ1) is 19.8. The van der Waals surface area contributed by atoms with Crippen LogP contribution < -0.4 is 0 Å². The largest absolute Gasteiger partial charge is 0.357 e. The van der Waals surface area contributed by atoms with Crippen LogP contribution in [-0.2, 0) is 27.2 Å². The summed E-state index contributed by atoms with van der Waals surface area (Å²) in [6.07, 6.45) is 4.69. The zero-order valence-electron chi connectivity index (χ0n) is 15.6. The molecule has 8 heteroatoms. The monoisotopic (exact) mass is 392 g/mol. The molecule has 5 rings (SSSR count). The summed E-state index contributed by atoms with van der Waals surface area (Å²) in [5, 5.41) is 0.148. The molecule has 3 fully saturated rings. The second-order valence-electron chi connectivity index (χ2n) is 7.00. The van der Waals surface area contributed by atoms with Gasteiger partial charge in [0.1, 0.15) is 0 Å². The summed E-state index contributed by atoms with van der Waals surface area (Å²) in [6.45, 7) is 8.62. The molecule has 144 valence electrons. The minimum Gasteiger partial charge on any atom is -0.308 e. The molecular weight excluding hydrogens is 362 g/mol. The average Bonchev–Trinajstić information content (AvgIpc) is 2.55. The Kier molecular flexibility index (Phi) is 5.72. The second-order valence-corrected chi connectivity index (χ2v) is 11.4. The molecule has 0 aliphatic heterocycles. The SMILES string of the molecule is CCOP(=O)(OCC)C1=C[C@@H]2C[C@H]3C[C@@](P(=O)(OCC)OCC)(C2)[C@@H]13. The van der Waals surface area contributed by atoms with E-state index in [2.05, 4.69) is 6.08 Å². The molecule has 0 N–H and O–H groups in total. The van der Waals surface area contributed by atoms with E-state index in [1.165, 1.54) is 0 Å². The Hall–Kier alpha value is 0.0400. The van der Waals surface area contributed by atoms with Crippen molar-refractivity contribution in [1.29, 1.82) is 0 Å². The molecule has 0 spiro atoms.